The molecule has 3 rings (SSSR count). The number of carbonyl (C=O) groups is 2. The van der Waals surface area contributed by atoms with Crippen molar-refractivity contribution in [2.24, 2.45) is 7.05 Å². The Bertz CT molecular complexity index is 1060. The minimum absolute atomic E-state index is 0.0617. The first-order valence-electron chi connectivity index (χ1n) is 8.42. The van der Waals surface area contributed by atoms with Crippen molar-refractivity contribution in [2.45, 2.75) is 0 Å². The summed E-state index contributed by atoms with van der Waals surface area (Å²) in [5.41, 5.74) is 1.51. The van der Waals surface area contributed by atoms with E-state index < -0.39 is 10.8 Å². The van der Waals surface area contributed by atoms with Gasteiger partial charge in [0.2, 0.25) is 5.88 Å². The monoisotopic (exact) mass is 395 g/mol. The van der Waals surface area contributed by atoms with E-state index in [1.807, 2.05) is 0 Å². The molecule has 0 bridgehead atoms. The molecule has 2 amide bonds. The summed E-state index contributed by atoms with van der Waals surface area (Å²) in [6, 6.07) is 11.8. The quantitative estimate of drug-likeness (QED) is 0.488. The largest absolute Gasteiger partial charge is 0.479 e. The Kier molecular flexibility index (Phi) is 5.54. The van der Waals surface area contributed by atoms with Crippen molar-refractivity contribution in [2.75, 3.05) is 17.7 Å². The van der Waals surface area contributed by atoms with E-state index >= 15 is 0 Å². The minimum Gasteiger partial charge on any atom is -0.479 e. The maximum Gasteiger partial charge on any atom is 0.269 e. The summed E-state index contributed by atoms with van der Waals surface area (Å²) in [5.74, 6) is -0.562. The van der Waals surface area contributed by atoms with Crippen molar-refractivity contribution >= 4 is 28.9 Å². The highest BCUT2D eigenvalue weighted by atomic mass is 16.6. The van der Waals surface area contributed by atoms with Crippen molar-refractivity contribution < 1.29 is 19.2 Å². The molecule has 10 nitrogen and oxygen atoms in total. The zero-order chi connectivity index (χ0) is 21.0. The number of nitrogens with one attached hydrogen (secondary N) is 2. The first kappa shape index (κ1) is 19.5. The number of nitro benzene ring substituents is 1. The third-order valence-electron chi connectivity index (χ3n) is 3.97. The van der Waals surface area contributed by atoms with Crippen LogP contribution < -0.4 is 15.4 Å². The molecular formula is C19H17N5O5. The van der Waals surface area contributed by atoms with E-state index in [-0.39, 0.29) is 23.0 Å². The molecule has 0 unspecified atom stereocenters. The van der Waals surface area contributed by atoms with Crippen LogP contribution in [0.1, 0.15) is 20.7 Å². The van der Waals surface area contributed by atoms with Crippen LogP contribution in [-0.4, -0.2) is 33.6 Å². The first-order chi connectivity index (χ1) is 13.9. The topological polar surface area (TPSA) is 128 Å². The third-order valence-corrected chi connectivity index (χ3v) is 3.97. The van der Waals surface area contributed by atoms with Gasteiger partial charge in [0, 0.05) is 42.3 Å². The number of hydrogen-bond acceptors (Lipinski definition) is 6. The molecule has 0 radical (unpaired) electrons. The van der Waals surface area contributed by atoms with Gasteiger partial charge < -0.3 is 15.4 Å². The zero-order valence-corrected chi connectivity index (χ0v) is 15.6. The van der Waals surface area contributed by atoms with Gasteiger partial charge in [-0.05, 0) is 36.4 Å². The van der Waals surface area contributed by atoms with Crippen molar-refractivity contribution in [3.05, 3.63) is 76.0 Å². The molecule has 0 saturated heterocycles. The van der Waals surface area contributed by atoms with Crippen LogP contribution in [0.5, 0.6) is 5.88 Å². The van der Waals surface area contributed by atoms with E-state index in [0.717, 1.165) is 0 Å². The maximum absolute atomic E-state index is 12.4. The summed E-state index contributed by atoms with van der Waals surface area (Å²) >= 11 is 0. The van der Waals surface area contributed by atoms with Crippen molar-refractivity contribution in [1.29, 1.82) is 0 Å². The average molecular weight is 395 g/mol. The average Bonchev–Trinajstić information content (AvgIpc) is 3.10. The molecule has 3 aromatic rings. The molecule has 0 aliphatic rings. The number of hydrogen-bond donors (Lipinski definition) is 2. The number of ether oxygens (including phenoxy) is 1. The second kappa shape index (κ2) is 8.21. The Balaban J connectivity index is 1.65. The zero-order valence-electron chi connectivity index (χ0n) is 15.6. The summed E-state index contributed by atoms with van der Waals surface area (Å²) in [7, 11) is 3.11. The normalized spacial score (nSPS) is 10.3. The van der Waals surface area contributed by atoms with Crippen LogP contribution in [0, 0.1) is 10.1 Å². The van der Waals surface area contributed by atoms with Crippen LogP contribution in [0.2, 0.25) is 0 Å². The predicted molar refractivity (Wildman–Crippen MR) is 105 cm³/mol. The lowest BCUT2D eigenvalue weighted by Gasteiger charge is -2.07. The lowest BCUT2D eigenvalue weighted by atomic mass is 10.1. The third kappa shape index (κ3) is 4.56. The highest BCUT2D eigenvalue weighted by molar-refractivity contribution is 6.07. The molecule has 0 atom stereocenters. The number of rotatable bonds is 6. The molecule has 2 N–H and O–H groups in total. The smallest absolute Gasteiger partial charge is 0.269 e. The Morgan fingerprint density at radius 3 is 2.10 bits per heavy atom. The van der Waals surface area contributed by atoms with Gasteiger partial charge in [-0.3, -0.25) is 24.4 Å². The van der Waals surface area contributed by atoms with Crippen LogP contribution in [0.3, 0.4) is 0 Å². The summed E-state index contributed by atoms with van der Waals surface area (Å²) in [6.45, 7) is 0. The standard InChI is InChI=1S/C19H17N5O5/c1-23-11-16(19(22-23)29-2)18(26)21-13-5-3-12(4-6-13)17(25)20-14-7-9-15(10-8-14)24(27)28/h3-11H,1-2H3,(H,20,25)(H,21,26). The van der Waals surface area contributed by atoms with Crippen LogP contribution in [0.25, 0.3) is 0 Å². The van der Waals surface area contributed by atoms with Crippen molar-refractivity contribution in [1.82, 2.24) is 9.78 Å². The lowest BCUT2D eigenvalue weighted by Crippen LogP contribution is -2.14. The number of methoxy groups -OCH3 is 1. The Hall–Kier alpha value is -4.21. The Labute approximate surface area is 165 Å². The summed E-state index contributed by atoms with van der Waals surface area (Å²) < 4.78 is 6.54. The number of amides is 2. The van der Waals surface area contributed by atoms with E-state index in [1.54, 1.807) is 37.5 Å². The molecule has 0 fully saturated rings. The molecule has 29 heavy (non-hydrogen) atoms. The van der Waals surface area contributed by atoms with E-state index in [4.69, 9.17) is 4.74 Å². The summed E-state index contributed by atoms with van der Waals surface area (Å²) in [6.07, 6.45) is 1.54. The number of nitrogens with zero attached hydrogens (tertiary/aromatic N) is 3. The molecule has 10 heteroatoms. The van der Waals surface area contributed by atoms with E-state index in [2.05, 4.69) is 15.7 Å². The second-order valence-corrected chi connectivity index (χ2v) is 6.02. The molecule has 1 heterocycles. The molecule has 2 aromatic carbocycles. The fourth-order valence-electron chi connectivity index (χ4n) is 2.55. The number of non-ortho nitro benzene ring substituents is 1. The molecular weight excluding hydrogens is 378 g/mol. The molecule has 0 spiro atoms. The van der Waals surface area contributed by atoms with Gasteiger partial charge in [-0.2, -0.15) is 0 Å². The first-order valence-corrected chi connectivity index (χ1v) is 8.42. The van der Waals surface area contributed by atoms with E-state index in [0.29, 0.717) is 16.9 Å². The van der Waals surface area contributed by atoms with Crippen LogP contribution >= 0.6 is 0 Å². The van der Waals surface area contributed by atoms with Crippen molar-refractivity contribution in [3.63, 3.8) is 0 Å². The van der Waals surface area contributed by atoms with Gasteiger partial charge in [0.1, 0.15) is 5.56 Å². The fraction of sp³-hybridized carbons (Fsp3) is 0.105. The maximum atomic E-state index is 12.4. The van der Waals surface area contributed by atoms with Gasteiger partial charge >= 0.3 is 0 Å². The van der Waals surface area contributed by atoms with Gasteiger partial charge in [-0.25, -0.2) is 0 Å². The van der Waals surface area contributed by atoms with E-state index in [9.17, 15) is 19.7 Å². The predicted octanol–water partition coefficient (Wildman–Crippen LogP) is 2.84. The molecule has 1 aromatic heterocycles. The van der Waals surface area contributed by atoms with Crippen LogP contribution in [-0.2, 0) is 7.05 Å². The van der Waals surface area contributed by atoms with E-state index in [1.165, 1.54) is 36.1 Å². The number of nitro groups is 1. The van der Waals surface area contributed by atoms with Crippen LogP contribution in [0.4, 0.5) is 17.1 Å². The highest BCUT2D eigenvalue weighted by Gasteiger charge is 2.16. The minimum atomic E-state index is -0.514. The SMILES string of the molecule is COc1nn(C)cc1C(=O)Nc1ccc(C(=O)Nc2ccc([N+](=O)[O-])cc2)cc1. The number of aromatic nitrogens is 2. The number of benzene rings is 2. The van der Waals surface area contributed by atoms with Gasteiger partial charge in [-0.1, -0.05) is 0 Å². The highest BCUT2D eigenvalue weighted by Crippen LogP contribution is 2.19. The number of carbonyl (C=O) groups excluding carboxylic acids is 2. The van der Waals surface area contributed by atoms with Crippen molar-refractivity contribution in [3.8, 4) is 5.88 Å². The molecule has 0 saturated carbocycles. The number of aryl methyl sites for hydroxylation is 1. The van der Waals surface area contributed by atoms with Gasteiger partial charge in [-0.15, -0.1) is 5.10 Å². The Morgan fingerprint density at radius 2 is 1.55 bits per heavy atom. The summed E-state index contributed by atoms with van der Waals surface area (Å²) in [4.78, 5) is 34.8. The van der Waals surface area contributed by atoms with Gasteiger partial charge in [0.05, 0.1) is 12.0 Å². The van der Waals surface area contributed by atoms with Gasteiger partial charge in [0.15, 0.2) is 0 Å². The van der Waals surface area contributed by atoms with Crippen LogP contribution in [0.15, 0.2) is 54.7 Å². The number of anilines is 2. The lowest BCUT2D eigenvalue weighted by molar-refractivity contribution is -0.384. The molecule has 0 aliphatic carbocycles. The molecule has 148 valence electrons. The van der Waals surface area contributed by atoms with Gasteiger partial charge in [0.25, 0.3) is 17.5 Å². The Morgan fingerprint density at radius 1 is 1.00 bits per heavy atom. The fourth-order valence-corrected chi connectivity index (χ4v) is 2.55. The summed E-state index contributed by atoms with van der Waals surface area (Å²) in [5, 5.41) is 20.1. The second-order valence-electron chi connectivity index (χ2n) is 6.02. The molecule has 0 aliphatic heterocycles.